The van der Waals surface area contributed by atoms with Crippen molar-refractivity contribution in [1.82, 2.24) is 5.43 Å². The number of carbonyl (C=O) groups excluding carboxylic acids is 1. The quantitative estimate of drug-likeness (QED) is 0.503. The Labute approximate surface area is 161 Å². The van der Waals surface area contributed by atoms with Gasteiger partial charge in [0.15, 0.2) is 0 Å². The number of anilines is 1. The molecule has 0 aliphatic heterocycles. The molecule has 0 aliphatic carbocycles. The highest BCUT2D eigenvalue weighted by Gasteiger charge is 2.15. The fourth-order valence-corrected chi connectivity index (χ4v) is 2.53. The van der Waals surface area contributed by atoms with Crippen molar-refractivity contribution in [2.24, 2.45) is 5.10 Å². The summed E-state index contributed by atoms with van der Waals surface area (Å²) in [4.78, 5) is 12.3. The number of hydrogen-bond donors (Lipinski definition) is 2. The van der Waals surface area contributed by atoms with E-state index in [4.69, 9.17) is 9.47 Å². The molecule has 26 heavy (non-hydrogen) atoms. The summed E-state index contributed by atoms with van der Waals surface area (Å²) in [6.07, 6.45) is 2.17. The zero-order valence-corrected chi connectivity index (χ0v) is 16.5. The Kier molecular flexibility index (Phi) is 7.47. The van der Waals surface area contributed by atoms with Gasteiger partial charge in [-0.15, -0.1) is 0 Å². The van der Waals surface area contributed by atoms with Crippen LogP contribution in [0.5, 0.6) is 11.5 Å². The number of methoxy groups -OCH3 is 2. The predicted octanol–water partition coefficient (Wildman–Crippen LogP) is 3.81. The standard InChI is InChI=1S/C19H22BrN3O3/c1-4-17(22-15-8-6-14(20)7-9-15)19(24)23-21-12-13-5-10-16(25-2)11-18(13)26-3/h5-12,17,22H,4H2,1-3H3,(H,23,24)/b21-12-/t17-/m0/s1. The van der Waals surface area contributed by atoms with Gasteiger partial charge < -0.3 is 14.8 Å². The maximum Gasteiger partial charge on any atom is 0.262 e. The Bertz CT molecular complexity index is 763. The van der Waals surface area contributed by atoms with Gasteiger partial charge in [0.05, 0.1) is 20.4 Å². The van der Waals surface area contributed by atoms with Crippen LogP contribution in [0.3, 0.4) is 0 Å². The Morgan fingerprint density at radius 1 is 1.19 bits per heavy atom. The zero-order valence-electron chi connectivity index (χ0n) is 15.0. The van der Waals surface area contributed by atoms with Crippen LogP contribution in [-0.2, 0) is 4.79 Å². The largest absolute Gasteiger partial charge is 0.497 e. The molecule has 0 aliphatic rings. The van der Waals surface area contributed by atoms with Crippen LogP contribution in [0.4, 0.5) is 5.69 Å². The van der Waals surface area contributed by atoms with Gasteiger partial charge >= 0.3 is 0 Å². The number of hydrogen-bond acceptors (Lipinski definition) is 5. The Hall–Kier alpha value is -2.54. The van der Waals surface area contributed by atoms with Crippen molar-refractivity contribution in [3.8, 4) is 11.5 Å². The maximum absolute atomic E-state index is 12.3. The minimum absolute atomic E-state index is 0.209. The molecular formula is C19H22BrN3O3. The first kappa shape index (κ1) is 19.8. The van der Waals surface area contributed by atoms with Crippen molar-refractivity contribution in [3.05, 3.63) is 52.5 Å². The van der Waals surface area contributed by atoms with Gasteiger partial charge in [-0.05, 0) is 42.8 Å². The Morgan fingerprint density at radius 2 is 1.92 bits per heavy atom. The summed E-state index contributed by atoms with van der Waals surface area (Å²) in [6.45, 7) is 1.94. The van der Waals surface area contributed by atoms with Gasteiger partial charge in [-0.1, -0.05) is 22.9 Å². The van der Waals surface area contributed by atoms with E-state index in [1.165, 1.54) is 0 Å². The number of nitrogens with one attached hydrogen (secondary N) is 2. The van der Waals surface area contributed by atoms with Crippen LogP contribution in [-0.4, -0.2) is 32.4 Å². The lowest BCUT2D eigenvalue weighted by Crippen LogP contribution is -2.36. The average molecular weight is 420 g/mol. The van der Waals surface area contributed by atoms with Crippen molar-refractivity contribution in [2.75, 3.05) is 19.5 Å². The van der Waals surface area contributed by atoms with Crippen molar-refractivity contribution < 1.29 is 14.3 Å². The summed E-state index contributed by atoms with van der Waals surface area (Å²) in [7, 11) is 3.16. The van der Waals surface area contributed by atoms with Crippen LogP contribution < -0.4 is 20.2 Å². The third-order valence-corrected chi connectivity index (χ3v) is 4.26. The molecule has 0 spiro atoms. The first-order valence-electron chi connectivity index (χ1n) is 8.14. The van der Waals surface area contributed by atoms with Gasteiger partial charge in [-0.3, -0.25) is 4.79 Å². The molecule has 0 bridgehead atoms. The van der Waals surface area contributed by atoms with Crippen LogP contribution >= 0.6 is 15.9 Å². The number of ether oxygens (including phenoxy) is 2. The van der Waals surface area contributed by atoms with E-state index in [1.807, 2.05) is 37.3 Å². The van der Waals surface area contributed by atoms with Crippen LogP contribution in [0.25, 0.3) is 0 Å². The van der Waals surface area contributed by atoms with E-state index in [2.05, 4.69) is 31.8 Å². The van der Waals surface area contributed by atoms with E-state index in [0.29, 0.717) is 17.9 Å². The topological polar surface area (TPSA) is 72.0 Å². The van der Waals surface area contributed by atoms with Gasteiger partial charge in [0.2, 0.25) is 0 Å². The fourth-order valence-electron chi connectivity index (χ4n) is 2.27. The van der Waals surface area contributed by atoms with Gasteiger partial charge in [0.25, 0.3) is 5.91 Å². The van der Waals surface area contributed by atoms with E-state index < -0.39 is 0 Å². The van der Waals surface area contributed by atoms with Crippen molar-refractivity contribution in [2.45, 2.75) is 19.4 Å². The molecule has 1 amide bonds. The molecule has 2 aromatic rings. The molecule has 0 saturated heterocycles. The molecule has 0 fully saturated rings. The van der Waals surface area contributed by atoms with E-state index in [1.54, 1.807) is 32.6 Å². The molecule has 0 heterocycles. The number of hydrazone groups is 1. The molecule has 0 aromatic heterocycles. The van der Waals surface area contributed by atoms with E-state index in [-0.39, 0.29) is 11.9 Å². The van der Waals surface area contributed by atoms with E-state index >= 15 is 0 Å². The first-order chi connectivity index (χ1) is 12.6. The predicted molar refractivity (Wildman–Crippen MR) is 107 cm³/mol. The van der Waals surface area contributed by atoms with Crippen molar-refractivity contribution in [3.63, 3.8) is 0 Å². The lowest BCUT2D eigenvalue weighted by atomic mass is 10.2. The van der Waals surface area contributed by atoms with Crippen LogP contribution in [0, 0.1) is 0 Å². The smallest absolute Gasteiger partial charge is 0.262 e. The molecule has 2 aromatic carbocycles. The first-order valence-corrected chi connectivity index (χ1v) is 8.93. The minimum Gasteiger partial charge on any atom is -0.497 e. The van der Waals surface area contributed by atoms with Gasteiger partial charge in [-0.2, -0.15) is 5.10 Å². The normalized spacial score (nSPS) is 11.8. The van der Waals surface area contributed by atoms with Crippen LogP contribution in [0.2, 0.25) is 0 Å². The summed E-state index contributed by atoms with van der Waals surface area (Å²) in [5.74, 6) is 1.09. The monoisotopic (exact) mass is 419 g/mol. The third-order valence-electron chi connectivity index (χ3n) is 3.73. The van der Waals surface area contributed by atoms with Crippen molar-refractivity contribution >= 4 is 33.7 Å². The highest BCUT2D eigenvalue weighted by atomic mass is 79.9. The third kappa shape index (κ3) is 5.49. The Morgan fingerprint density at radius 3 is 2.54 bits per heavy atom. The number of rotatable bonds is 8. The second-order valence-corrected chi connectivity index (χ2v) is 6.37. The number of halogens is 1. The highest BCUT2D eigenvalue weighted by molar-refractivity contribution is 9.10. The molecule has 7 heteroatoms. The molecule has 0 unspecified atom stereocenters. The van der Waals surface area contributed by atoms with Crippen LogP contribution in [0.15, 0.2) is 52.0 Å². The summed E-state index contributed by atoms with van der Waals surface area (Å²) in [5, 5.41) is 7.23. The number of amides is 1. The second-order valence-electron chi connectivity index (χ2n) is 5.45. The van der Waals surface area contributed by atoms with Gasteiger partial charge in [0.1, 0.15) is 17.5 Å². The lowest BCUT2D eigenvalue weighted by Gasteiger charge is -2.16. The minimum atomic E-state index is -0.383. The molecule has 1 atom stereocenters. The molecule has 2 N–H and O–H groups in total. The molecule has 138 valence electrons. The van der Waals surface area contributed by atoms with Gasteiger partial charge in [-0.25, -0.2) is 5.43 Å². The number of carbonyl (C=O) groups is 1. The number of benzene rings is 2. The molecular weight excluding hydrogens is 398 g/mol. The highest BCUT2D eigenvalue weighted by Crippen LogP contribution is 2.23. The van der Waals surface area contributed by atoms with E-state index in [9.17, 15) is 4.79 Å². The number of nitrogens with zero attached hydrogens (tertiary/aromatic N) is 1. The molecule has 6 nitrogen and oxygen atoms in total. The van der Waals surface area contributed by atoms with Crippen LogP contribution in [0.1, 0.15) is 18.9 Å². The maximum atomic E-state index is 12.3. The zero-order chi connectivity index (χ0) is 18.9. The molecule has 2 rings (SSSR count). The summed E-state index contributed by atoms with van der Waals surface area (Å²) in [6, 6.07) is 12.6. The molecule has 0 saturated carbocycles. The second kappa shape index (κ2) is 9.82. The Balaban J connectivity index is 1.99. The molecule has 0 radical (unpaired) electrons. The summed E-state index contributed by atoms with van der Waals surface area (Å²) in [5.41, 5.74) is 4.18. The van der Waals surface area contributed by atoms with Gasteiger partial charge in [0, 0.05) is 21.8 Å². The van der Waals surface area contributed by atoms with E-state index in [0.717, 1.165) is 15.7 Å². The average Bonchev–Trinajstić information content (AvgIpc) is 2.67. The summed E-state index contributed by atoms with van der Waals surface area (Å²) < 4.78 is 11.4. The summed E-state index contributed by atoms with van der Waals surface area (Å²) >= 11 is 3.39. The SMILES string of the molecule is CC[C@H](Nc1ccc(Br)cc1)C(=O)N/N=C\c1ccc(OC)cc1OC. The fraction of sp³-hybridized carbons (Fsp3) is 0.263. The van der Waals surface area contributed by atoms with Crippen molar-refractivity contribution in [1.29, 1.82) is 0 Å². The lowest BCUT2D eigenvalue weighted by molar-refractivity contribution is -0.121.